The second kappa shape index (κ2) is 9.90. The molecule has 0 saturated carbocycles. The van der Waals surface area contributed by atoms with Crippen LogP contribution in [-0.2, 0) is 0 Å². The van der Waals surface area contributed by atoms with Crippen molar-refractivity contribution in [2.45, 2.75) is 52.1 Å². The van der Waals surface area contributed by atoms with Crippen molar-refractivity contribution in [3.8, 4) is 0 Å². The largest absolute Gasteiger partial charge is 0.344 e. The van der Waals surface area contributed by atoms with Gasteiger partial charge in [0.15, 0.2) is 0 Å². The number of benzene rings is 1. The Kier molecular flexibility index (Phi) is 7.87. The van der Waals surface area contributed by atoms with Crippen LogP contribution in [0.5, 0.6) is 0 Å². The molecule has 0 aliphatic carbocycles. The van der Waals surface area contributed by atoms with Crippen molar-refractivity contribution in [1.82, 2.24) is 20.4 Å². The van der Waals surface area contributed by atoms with Crippen molar-refractivity contribution < 1.29 is 4.79 Å². The highest BCUT2D eigenvalue weighted by molar-refractivity contribution is 5.92. The Bertz CT molecular complexity index is 737. The third kappa shape index (κ3) is 5.56. The van der Waals surface area contributed by atoms with Crippen molar-refractivity contribution in [3.63, 3.8) is 0 Å². The first kappa shape index (κ1) is 21.5. The number of nitrogens with one attached hydrogen (secondary N) is 2. The smallest absolute Gasteiger partial charge is 0.272 e. The van der Waals surface area contributed by atoms with E-state index in [1.165, 1.54) is 11.1 Å². The average Bonchev–Trinajstić information content (AvgIpc) is 3.12. The van der Waals surface area contributed by atoms with Crippen molar-refractivity contribution in [1.29, 1.82) is 0 Å². The van der Waals surface area contributed by atoms with Gasteiger partial charge in [0.1, 0.15) is 5.69 Å². The lowest BCUT2D eigenvalue weighted by atomic mass is 9.94. The molecule has 148 valence electrons. The SMILES string of the molecule is Cc1ccccc1C(CC(C)C)NC(=O)c1ccn(C2CCCNC2)n1.Cl. The Balaban J connectivity index is 0.00000261. The zero-order valence-corrected chi connectivity index (χ0v) is 17.3. The fourth-order valence-electron chi connectivity index (χ4n) is 3.67. The Morgan fingerprint density at radius 3 is 2.78 bits per heavy atom. The molecular formula is C21H31ClN4O. The number of amides is 1. The summed E-state index contributed by atoms with van der Waals surface area (Å²) >= 11 is 0. The normalized spacial score (nSPS) is 18.0. The first-order chi connectivity index (χ1) is 12.5. The lowest BCUT2D eigenvalue weighted by Gasteiger charge is -2.23. The molecule has 2 unspecified atom stereocenters. The minimum Gasteiger partial charge on any atom is -0.344 e. The van der Waals surface area contributed by atoms with Crippen LogP contribution in [-0.4, -0.2) is 28.8 Å². The van der Waals surface area contributed by atoms with E-state index in [0.29, 0.717) is 17.7 Å². The summed E-state index contributed by atoms with van der Waals surface area (Å²) in [5.41, 5.74) is 2.89. The van der Waals surface area contributed by atoms with Gasteiger partial charge in [-0.05, 0) is 55.8 Å². The fraction of sp³-hybridized carbons (Fsp3) is 0.524. The maximum atomic E-state index is 12.8. The molecule has 1 aliphatic heterocycles. The zero-order chi connectivity index (χ0) is 18.5. The number of hydrogen-bond donors (Lipinski definition) is 2. The molecule has 1 saturated heterocycles. The van der Waals surface area contributed by atoms with Crippen LogP contribution in [0.1, 0.15) is 66.8 Å². The van der Waals surface area contributed by atoms with E-state index in [2.05, 4.69) is 48.6 Å². The quantitative estimate of drug-likeness (QED) is 0.782. The molecule has 1 aromatic carbocycles. The van der Waals surface area contributed by atoms with Gasteiger partial charge in [-0.15, -0.1) is 12.4 Å². The van der Waals surface area contributed by atoms with Crippen LogP contribution < -0.4 is 10.6 Å². The number of piperidine rings is 1. The summed E-state index contributed by atoms with van der Waals surface area (Å²) in [5, 5.41) is 11.1. The van der Waals surface area contributed by atoms with Crippen LogP contribution in [0.4, 0.5) is 0 Å². The minimum absolute atomic E-state index is 0. The Morgan fingerprint density at radius 1 is 1.33 bits per heavy atom. The van der Waals surface area contributed by atoms with E-state index in [-0.39, 0.29) is 24.4 Å². The van der Waals surface area contributed by atoms with Crippen LogP contribution in [0.3, 0.4) is 0 Å². The third-order valence-corrected chi connectivity index (χ3v) is 5.06. The molecule has 2 aromatic rings. The Labute approximate surface area is 168 Å². The summed E-state index contributed by atoms with van der Waals surface area (Å²) in [6.07, 6.45) is 5.09. The standard InChI is InChI=1S/C21H30N4O.ClH/c1-15(2)13-20(18-9-5-4-7-16(18)3)23-21(26)19-10-12-25(24-19)17-8-6-11-22-14-17;/h4-5,7,9-10,12,15,17,20,22H,6,8,11,13-14H2,1-3H3,(H,23,26);1H. The fourth-order valence-corrected chi connectivity index (χ4v) is 3.67. The summed E-state index contributed by atoms with van der Waals surface area (Å²) in [5.74, 6) is 0.396. The highest BCUT2D eigenvalue weighted by atomic mass is 35.5. The molecular weight excluding hydrogens is 360 g/mol. The van der Waals surface area contributed by atoms with E-state index in [1.54, 1.807) is 0 Å². The maximum absolute atomic E-state index is 12.8. The van der Waals surface area contributed by atoms with Gasteiger partial charge in [0.2, 0.25) is 0 Å². The molecule has 0 radical (unpaired) electrons. The lowest BCUT2D eigenvalue weighted by molar-refractivity contribution is 0.0925. The number of hydrogen-bond acceptors (Lipinski definition) is 3. The van der Waals surface area contributed by atoms with Gasteiger partial charge in [-0.3, -0.25) is 9.48 Å². The first-order valence-corrected chi connectivity index (χ1v) is 9.67. The number of carbonyl (C=O) groups is 1. The van der Waals surface area contributed by atoms with Crippen molar-refractivity contribution in [3.05, 3.63) is 53.3 Å². The number of carbonyl (C=O) groups excluding carboxylic acids is 1. The first-order valence-electron chi connectivity index (χ1n) is 9.67. The summed E-state index contributed by atoms with van der Waals surface area (Å²) < 4.78 is 1.94. The van der Waals surface area contributed by atoms with Crippen LogP contribution in [0.15, 0.2) is 36.5 Å². The van der Waals surface area contributed by atoms with Crippen LogP contribution in [0, 0.1) is 12.8 Å². The summed E-state index contributed by atoms with van der Waals surface area (Å²) in [6, 6.07) is 10.4. The van der Waals surface area contributed by atoms with Gasteiger partial charge in [0.25, 0.3) is 5.91 Å². The number of halogens is 1. The molecule has 2 heterocycles. The summed E-state index contributed by atoms with van der Waals surface area (Å²) in [7, 11) is 0. The monoisotopic (exact) mass is 390 g/mol. The summed E-state index contributed by atoms with van der Waals surface area (Å²) in [4.78, 5) is 12.8. The van der Waals surface area contributed by atoms with Gasteiger partial charge in [-0.1, -0.05) is 38.1 Å². The van der Waals surface area contributed by atoms with E-state index in [1.807, 2.05) is 29.1 Å². The van der Waals surface area contributed by atoms with Crippen LogP contribution in [0.2, 0.25) is 0 Å². The highest BCUT2D eigenvalue weighted by Crippen LogP contribution is 2.24. The number of aryl methyl sites for hydroxylation is 1. The molecule has 3 rings (SSSR count). The van der Waals surface area contributed by atoms with E-state index in [4.69, 9.17) is 0 Å². The second-order valence-electron chi connectivity index (χ2n) is 7.69. The number of rotatable bonds is 6. The lowest BCUT2D eigenvalue weighted by Crippen LogP contribution is -2.33. The van der Waals surface area contributed by atoms with Crippen molar-refractivity contribution in [2.24, 2.45) is 5.92 Å². The molecule has 1 aromatic heterocycles. The van der Waals surface area contributed by atoms with Gasteiger partial charge in [0, 0.05) is 12.7 Å². The summed E-state index contributed by atoms with van der Waals surface area (Å²) in [6.45, 7) is 8.45. The Morgan fingerprint density at radius 2 is 2.11 bits per heavy atom. The number of nitrogens with zero attached hydrogens (tertiary/aromatic N) is 2. The van der Waals surface area contributed by atoms with Gasteiger partial charge in [0.05, 0.1) is 12.1 Å². The zero-order valence-electron chi connectivity index (χ0n) is 16.4. The minimum atomic E-state index is -0.0959. The van der Waals surface area contributed by atoms with E-state index in [0.717, 1.165) is 32.4 Å². The van der Waals surface area contributed by atoms with Crippen LogP contribution >= 0.6 is 12.4 Å². The molecule has 6 heteroatoms. The average molecular weight is 391 g/mol. The number of aromatic nitrogens is 2. The molecule has 27 heavy (non-hydrogen) atoms. The predicted octanol–water partition coefficient (Wildman–Crippen LogP) is 4.06. The van der Waals surface area contributed by atoms with Gasteiger partial charge in [-0.25, -0.2) is 0 Å². The van der Waals surface area contributed by atoms with E-state index < -0.39 is 0 Å². The molecule has 2 atom stereocenters. The molecule has 0 bridgehead atoms. The molecule has 1 amide bonds. The Hall–Kier alpha value is -1.85. The van der Waals surface area contributed by atoms with Gasteiger partial charge >= 0.3 is 0 Å². The van der Waals surface area contributed by atoms with E-state index >= 15 is 0 Å². The molecule has 1 fully saturated rings. The molecule has 0 spiro atoms. The molecule has 1 aliphatic rings. The topological polar surface area (TPSA) is 59.0 Å². The van der Waals surface area contributed by atoms with Gasteiger partial charge in [-0.2, -0.15) is 5.10 Å². The maximum Gasteiger partial charge on any atom is 0.272 e. The van der Waals surface area contributed by atoms with Crippen molar-refractivity contribution >= 4 is 18.3 Å². The highest BCUT2D eigenvalue weighted by Gasteiger charge is 2.21. The van der Waals surface area contributed by atoms with Crippen molar-refractivity contribution in [2.75, 3.05) is 13.1 Å². The second-order valence-corrected chi connectivity index (χ2v) is 7.69. The third-order valence-electron chi connectivity index (χ3n) is 5.06. The predicted molar refractivity (Wildman–Crippen MR) is 111 cm³/mol. The van der Waals surface area contributed by atoms with Gasteiger partial charge < -0.3 is 10.6 Å². The molecule has 2 N–H and O–H groups in total. The van der Waals surface area contributed by atoms with Crippen LogP contribution in [0.25, 0.3) is 0 Å². The van der Waals surface area contributed by atoms with E-state index in [9.17, 15) is 4.79 Å². The molecule has 5 nitrogen and oxygen atoms in total.